The van der Waals surface area contributed by atoms with E-state index in [0.29, 0.717) is 31.7 Å². The average molecular weight is 476 g/mol. The van der Waals surface area contributed by atoms with Gasteiger partial charge in [0.1, 0.15) is 0 Å². The van der Waals surface area contributed by atoms with Crippen molar-refractivity contribution in [3.8, 4) is 0 Å². The summed E-state index contributed by atoms with van der Waals surface area (Å²) in [6, 6.07) is 0.397. The second-order valence-corrected chi connectivity index (χ2v) is 10.4. The molecule has 0 radical (unpaired) electrons. The van der Waals surface area contributed by atoms with Crippen LogP contribution in [0.4, 0.5) is 16.4 Å². The summed E-state index contributed by atoms with van der Waals surface area (Å²) >= 11 is 0. The first-order chi connectivity index (χ1) is 15.9. The molecule has 0 saturated carbocycles. The second kappa shape index (κ2) is 8.62. The van der Waals surface area contributed by atoms with Crippen molar-refractivity contribution >= 4 is 27.8 Å². The highest BCUT2D eigenvalue weighted by Crippen LogP contribution is 2.39. The van der Waals surface area contributed by atoms with E-state index >= 15 is 0 Å². The normalized spacial score (nSPS) is 18.1. The molecule has 11 heteroatoms. The molecule has 1 saturated heterocycles. The summed E-state index contributed by atoms with van der Waals surface area (Å²) in [6.45, 7) is 2.27. The minimum Gasteiger partial charge on any atom is -0.740 e. The van der Waals surface area contributed by atoms with E-state index < -0.39 is 26.8 Å². The van der Waals surface area contributed by atoms with Crippen LogP contribution >= 0.6 is 0 Å². The Kier molecular flexibility index (Phi) is 5.79. The summed E-state index contributed by atoms with van der Waals surface area (Å²) in [6.07, 6.45) is 7.39. The van der Waals surface area contributed by atoms with E-state index in [-0.39, 0.29) is 11.8 Å². The number of rotatable bonds is 5. The lowest BCUT2D eigenvalue weighted by Crippen LogP contribution is -2.51. The highest BCUT2D eigenvalue weighted by Gasteiger charge is 2.37. The van der Waals surface area contributed by atoms with E-state index in [1.807, 2.05) is 0 Å². The van der Waals surface area contributed by atoms with Crippen LogP contribution in [0.5, 0.6) is 0 Å². The molecule has 0 spiro atoms. The molecule has 1 aliphatic heterocycles. The van der Waals surface area contributed by atoms with E-state index in [1.54, 1.807) is 6.92 Å². The van der Waals surface area contributed by atoms with Crippen LogP contribution < -0.4 is 9.62 Å². The van der Waals surface area contributed by atoms with E-state index in [1.165, 1.54) is 17.3 Å². The molecule has 5 rings (SSSR count). The first-order valence-electron chi connectivity index (χ1n) is 11.4. The molecular weight excluding hydrogens is 448 g/mol. The summed E-state index contributed by atoms with van der Waals surface area (Å²) in [7, 11) is -4.78. The first kappa shape index (κ1) is 22.2. The van der Waals surface area contributed by atoms with Crippen LogP contribution in [-0.4, -0.2) is 43.2 Å². The number of fused-ring (bicyclic) bond motifs is 2. The molecule has 1 aromatic heterocycles. The fourth-order valence-corrected chi connectivity index (χ4v) is 6.47. The predicted molar refractivity (Wildman–Crippen MR) is 121 cm³/mol. The molecule has 2 amide bonds. The van der Waals surface area contributed by atoms with Crippen LogP contribution in [-0.2, 0) is 40.6 Å². The van der Waals surface area contributed by atoms with Gasteiger partial charge >= 0.3 is 16.2 Å². The van der Waals surface area contributed by atoms with Crippen molar-refractivity contribution in [1.82, 2.24) is 9.45 Å². The Balaban J connectivity index is 1.45. The van der Waals surface area contributed by atoms with Gasteiger partial charge in [-0.05, 0) is 73.6 Å². The van der Waals surface area contributed by atoms with E-state index in [0.717, 1.165) is 54.0 Å². The summed E-state index contributed by atoms with van der Waals surface area (Å²) in [5.41, 5.74) is 5.00. The number of benzene rings is 1. The molecular formula is C22H27N4O6S-. The molecule has 0 bridgehead atoms. The van der Waals surface area contributed by atoms with Gasteiger partial charge in [-0.15, -0.1) is 0 Å². The zero-order chi connectivity index (χ0) is 23.2. The number of carbonyl (C=O) groups is 1. The number of ether oxygens (including phenoxy) is 1. The monoisotopic (exact) mass is 475 g/mol. The number of carbonyl (C=O) groups excluding carboxylic acids is 1. The molecule has 10 nitrogen and oxygen atoms in total. The van der Waals surface area contributed by atoms with Crippen molar-refractivity contribution in [2.24, 2.45) is 0 Å². The van der Waals surface area contributed by atoms with Crippen molar-refractivity contribution in [3.05, 3.63) is 45.6 Å². The maximum Gasteiger partial charge on any atom is 0.326 e. The first-order valence-corrected chi connectivity index (χ1v) is 12.8. The highest BCUT2D eigenvalue weighted by atomic mass is 32.2. The number of nitrogens with one attached hydrogen (secondary N) is 1. The standard InChI is InChI=1S/C22H27N4O6S/c1-14-23-13-20(32-14)25(17-8-10-31-11-9-17)33(29,30)26(28)22(27)24-21-18-6-2-4-15(18)12-16-5-3-7-19(16)21/h12-13,17H,2-11H2,1H3,(H,24,27)/q-1. The predicted octanol–water partition coefficient (Wildman–Crippen LogP) is 3.22. The molecule has 2 aromatic rings. The molecule has 178 valence electrons. The van der Waals surface area contributed by atoms with Gasteiger partial charge in [0.15, 0.2) is 5.89 Å². The molecule has 0 unspecified atom stereocenters. The molecule has 33 heavy (non-hydrogen) atoms. The van der Waals surface area contributed by atoms with Crippen LogP contribution in [0.25, 0.3) is 0 Å². The Morgan fingerprint density at radius 3 is 2.33 bits per heavy atom. The molecule has 2 aliphatic carbocycles. The lowest BCUT2D eigenvalue weighted by atomic mass is 9.99. The van der Waals surface area contributed by atoms with Gasteiger partial charge in [0.25, 0.3) is 0 Å². The number of anilines is 2. The second-order valence-electron chi connectivity index (χ2n) is 8.76. The van der Waals surface area contributed by atoms with Crippen LogP contribution in [0.3, 0.4) is 0 Å². The lowest BCUT2D eigenvalue weighted by molar-refractivity contribution is 0.0868. The SMILES string of the molecule is Cc1ncc(N(C2CCOCC2)S(=O)(=O)N([O-])C(=O)Nc2c3c(cc4c2CCC4)CCC3)o1. The van der Waals surface area contributed by atoms with Gasteiger partial charge in [-0.1, -0.05) is 6.07 Å². The van der Waals surface area contributed by atoms with E-state index in [4.69, 9.17) is 9.15 Å². The van der Waals surface area contributed by atoms with Gasteiger partial charge in [-0.2, -0.15) is 8.42 Å². The highest BCUT2D eigenvalue weighted by molar-refractivity contribution is 7.91. The third-order valence-corrected chi connectivity index (χ3v) is 8.24. The molecule has 3 aliphatic rings. The van der Waals surface area contributed by atoms with Gasteiger partial charge in [-0.25, -0.2) is 14.1 Å². The topological polar surface area (TPSA) is 128 Å². The zero-order valence-corrected chi connectivity index (χ0v) is 19.3. The molecule has 2 heterocycles. The number of aryl methyl sites for hydroxylation is 3. The van der Waals surface area contributed by atoms with Gasteiger partial charge in [-0.3, -0.25) is 4.47 Å². The lowest BCUT2D eigenvalue weighted by Gasteiger charge is -2.38. The largest absolute Gasteiger partial charge is 0.740 e. The fourth-order valence-electron chi connectivity index (χ4n) is 5.16. The van der Waals surface area contributed by atoms with Crippen LogP contribution in [0, 0.1) is 12.1 Å². The number of nitrogens with zero attached hydrogens (tertiary/aromatic N) is 3. The summed E-state index contributed by atoms with van der Waals surface area (Å²) in [5, 5.41) is 15.7. The van der Waals surface area contributed by atoms with Crippen molar-refractivity contribution in [2.75, 3.05) is 22.8 Å². The minimum atomic E-state index is -4.78. The van der Waals surface area contributed by atoms with Gasteiger partial charge in [0.05, 0.1) is 12.2 Å². The zero-order valence-electron chi connectivity index (χ0n) is 18.5. The number of hydrogen-bond donors (Lipinski definition) is 1. The minimum absolute atomic E-state index is 0.0884. The maximum absolute atomic E-state index is 13.4. The number of hydroxylamine groups is 1. The van der Waals surface area contributed by atoms with Gasteiger partial charge in [0.2, 0.25) is 5.88 Å². The molecule has 1 N–H and O–H groups in total. The molecule has 0 atom stereocenters. The van der Waals surface area contributed by atoms with Crippen LogP contribution in [0.2, 0.25) is 0 Å². The number of aromatic nitrogens is 1. The number of urea groups is 1. The van der Waals surface area contributed by atoms with E-state index in [2.05, 4.69) is 16.4 Å². The fraction of sp³-hybridized carbons (Fsp3) is 0.545. The van der Waals surface area contributed by atoms with Crippen molar-refractivity contribution in [1.29, 1.82) is 0 Å². The Hall–Kier alpha value is -2.63. The van der Waals surface area contributed by atoms with Gasteiger partial charge < -0.3 is 19.7 Å². The van der Waals surface area contributed by atoms with Crippen molar-refractivity contribution in [2.45, 2.75) is 64.3 Å². The van der Waals surface area contributed by atoms with Gasteiger partial charge in [0, 0.05) is 25.8 Å². The number of amides is 2. The Bertz CT molecular complexity index is 1140. The quantitative estimate of drug-likeness (QED) is 0.658. The third-order valence-electron chi connectivity index (χ3n) is 6.68. The smallest absolute Gasteiger partial charge is 0.326 e. The Morgan fingerprint density at radius 1 is 1.12 bits per heavy atom. The van der Waals surface area contributed by atoms with Crippen molar-refractivity contribution < 1.29 is 22.4 Å². The number of oxazole rings is 1. The Labute approximate surface area is 192 Å². The third kappa shape index (κ3) is 3.98. The molecule has 1 fully saturated rings. The Morgan fingerprint density at radius 2 is 1.76 bits per heavy atom. The summed E-state index contributed by atoms with van der Waals surface area (Å²) in [4.78, 5) is 17.0. The number of hydrogen-bond acceptors (Lipinski definition) is 7. The summed E-state index contributed by atoms with van der Waals surface area (Å²) in [5.74, 6) is 0.170. The van der Waals surface area contributed by atoms with Crippen LogP contribution in [0.15, 0.2) is 16.7 Å². The summed E-state index contributed by atoms with van der Waals surface area (Å²) < 4.78 is 38.0. The maximum atomic E-state index is 13.4. The van der Waals surface area contributed by atoms with Crippen molar-refractivity contribution in [3.63, 3.8) is 0 Å². The molecule has 1 aromatic carbocycles. The van der Waals surface area contributed by atoms with Crippen LogP contribution in [0.1, 0.15) is 53.8 Å². The van der Waals surface area contributed by atoms with E-state index in [9.17, 15) is 18.4 Å². The average Bonchev–Trinajstić information content (AvgIpc) is 3.55.